The number of rotatable bonds is 5. The lowest BCUT2D eigenvalue weighted by atomic mass is 10.3. The van der Waals surface area contributed by atoms with Crippen LogP contribution in [-0.2, 0) is 14.3 Å². The standard InChI is InChI=1S/C15H19BrFN3O3/c16-11-2-3-13(12(17)10-11)19-15(22)14(21)18-4-1-5-20-6-8-23-9-7-20/h2-3,10H,1,4-9H2,(H,18,21)(H,19,22)/p+1. The van der Waals surface area contributed by atoms with E-state index in [0.717, 1.165) is 39.3 Å². The topological polar surface area (TPSA) is 71.9 Å². The van der Waals surface area contributed by atoms with Crippen molar-refractivity contribution in [2.45, 2.75) is 6.42 Å². The van der Waals surface area contributed by atoms with E-state index < -0.39 is 17.6 Å². The summed E-state index contributed by atoms with van der Waals surface area (Å²) in [6.07, 6.45) is 0.779. The van der Waals surface area contributed by atoms with Gasteiger partial charge in [0.05, 0.1) is 25.4 Å². The Balaban J connectivity index is 1.69. The largest absolute Gasteiger partial charge is 0.370 e. The molecule has 1 aromatic rings. The number of benzene rings is 1. The molecule has 126 valence electrons. The molecule has 0 bridgehead atoms. The van der Waals surface area contributed by atoms with Gasteiger partial charge in [0, 0.05) is 17.4 Å². The highest BCUT2D eigenvalue weighted by Gasteiger charge is 2.16. The molecule has 8 heteroatoms. The Morgan fingerprint density at radius 2 is 2.00 bits per heavy atom. The van der Waals surface area contributed by atoms with E-state index in [4.69, 9.17) is 4.74 Å². The van der Waals surface area contributed by atoms with E-state index in [1.165, 1.54) is 17.0 Å². The van der Waals surface area contributed by atoms with Crippen molar-refractivity contribution in [1.29, 1.82) is 0 Å². The molecule has 0 saturated carbocycles. The van der Waals surface area contributed by atoms with Gasteiger partial charge in [0.15, 0.2) is 0 Å². The Morgan fingerprint density at radius 3 is 2.70 bits per heavy atom. The first-order valence-electron chi connectivity index (χ1n) is 7.52. The summed E-state index contributed by atoms with van der Waals surface area (Å²) in [5, 5.41) is 4.80. The lowest BCUT2D eigenvalue weighted by molar-refractivity contribution is -0.908. The molecule has 3 N–H and O–H groups in total. The molecule has 1 fully saturated rings. The quantitative estimate of drug-likeness (QED) is 0.489. The number of nitrogens with one attached hydrogen (secondary N) is 3. The van der Waals surface area contributed by atoms with Gasteiger partial charge in [-0.05, 0) is 18.2 Å². The average Bonchev–Trinajstić information content (AvgIpc) is 2.55. The van der Waals surface area contributed by atoms with Gasteiger partial charge in [-0.1, -0.05) is 15.9 Å². The fourth-order valence-corrected chi connectivity index (χ4v) is 2.63. The van der Waals surface area contributed by atoms with Crippen LogP contribution in [0.5, 0.6) is 0 Å². The van der Waals surface area contributed by atoms with Gasteiger partial charge in [-0.15, -0.1) is 0 Å². The van der Waals surface area contributed by atoms with Crippen molar-refractivity contribution in [3.63, 3.8) is 0 Å². The van der Waals surface area contributed by atoms with Crippen LogP contribution in [0.4, 0.5) is 10.1 Å². The number of hydrogen-bond donors (Lipinski definition) is 3. The third kappa shape index (κ3) is 5.89. The van der Waals surface area contributed by atoms with Gasteiger partial charge >= 0.3 is 11.8 Å². The van der Waals surface area contributed by atoms with Gasteiger partial charge in [-0.2, -0.15) is 0 Å². The van der Waals surface area contributed by atoms with Crippen molar-refractivity contribution in [2.24, 2.45) is 0 Å². The molecule has 0 aliphatic carbocycles. The van der Waals surface area contributed by atoms with Gasteiger partial charge in [0.1, 0.15) is 18.9 Å². The van der Waals surface area contributed by atoms with Gasteiger partial charge in [0.25, 0.3) is 0 Å². The Kier molecular flexibility index (Phi) is 6.94. The fourth-order valence-electron chi connectivity index (χ4n) is 2.30. The van der Waals surface area contributed by atoms with Gasteiger partial charge in [0.2, 0.25) is 0 Å². The van der Waals surface area contributed by atoms with E-state index >= 15 is 0 Å². The second-order valence-electron chi connectivity index (χ2n) is 5.30. The third-order valence-electron chi connectivity index (χ3n) is 3.58. The number of hydrogen-bond acceptors (Lipinski definition) is 3. The zero-order valence-electron chi connectivity index (χ0n) is 12.7. The van der Waals surface area contributed by atoms with Crippen molar-refractivity contribution in [2.75, 3.05) is 44.7 Å². The van der Waals surface area contributed by atoms with Crippen molar-refractivity contribution >= 4 is 33.4 Å². The van der Waals surface area contributed by atoms with Gasteiger partial charge in [-0.3, -0.25) is 9.59 Å². The van der Waals surface area contributed by atoms with E-state index in [2.05, 4.69) is 26.6 Å². The van der Waals surface area contributed by atoms with Crippen LogP contribution in [0.2, 0.25) is 0 Å². The molecule has 0 aromatic heterocycles. The number of carbonyl (C=O) groups excluding carboxylic acids is 2. The van der Waals surface area contributed by atoms with Crippen LogP contribution in [0.25, 0.3) is 0 Å². The molecule has 1 saturated heterocycles. The summed E-state index contributed by atoms with van der Waals surface area (Å²) in [6.45, 7) is 4.81. The van der Waals surface area contributed by atoms with Crippen LogP contribution in [0.15, 0.2) is 22.7 Å². The highest BCUT2D eigenvalue weighted by molar-refractivity contribution is 9.10. The normalized spacial score (nSPS) is 15.2. The monoisotopic (exact) mass is 388 g/mol. The van der Waals surface area contributed by atoms with E-state index in [-0.39, 0.29) is 5.69 Å². The van der Waals surface area contributed by atoms with Gasteiger partial charge in [-0.25, -0.2) is 4.39 Å². The lowest BCUT2D eigenvalue weighted by Gasteiger charge is -2.23. The van der Waals surface area contributed by atoms with Crippen LogP contribution >= 0.6 is 15.9 Å². The number of anilines is 1. The third-order valence-corrected chi connectivity index (χ3v) is 4.07. The van der Waals surface area contributed by atoms with Crippen molar-refractivity contribution in [3.05, 3.63) is 28.5 Å². The molecule has 0 atom stereocenters. The molecular weight excluding hydrogens is 369 g/mol. The number of quaternary nitrogens is 1. The minimum Gasteiger partial charge on any atom is -0.370 e. The van der Waals surface area contributed by atoms with Crippen molar-refractivity contribution < 1.29 is 23.6 Å². The van der Waals surface area contributed by atoms with Crippen LogP contribution in [0.3, 0.4) is 0 Å². The molecule has 2 amide bonds. The number of halogens is 2. The molecule has 23 heavy (non-hydrogen) atoms. The first-order chi connectivity index (χ1) is 11.1. The summed E-state index contributed by atoms with van der Waals surface area (Å²) in [5.41, 5.74) is -0.0221. The van der Waals surface area contributed by atoms with Crippen LogP contribution in [0, 0.1) is 5.82 Å². The minimum atomic E-state index is -0.870. The Labute approximate surface area is 142 Å². The Hall–Kier alpha value is -1.51. The van der Waals surface area contributed by atoms with E-state index in [9.17, 15) is 14.0 Å². The highest BCUT2D eigenvalue weighted by Crippen LogP contribution is 2.19. The molecule has 2 rings (SSSR count). The fraction of sp³-hybridized carbons (Fsp3) is 0.467. The minimum absolute atomic E-state index is 0.0221. The van der Waals surface area contributed by atoms with Crippen molar-refractivity contribution in [1.82, 2.24) is 5.32 Å². The second kappa shape index (κ2) is 8.95. The summed E-state index contributed by atoms with van der Waals surface area (Å²) in [6, 6.07) is 4.20. The molecule has 0 spiro atoms. The highest BCUT2D eigenvalue weighted by atomic mass is 79.9. The van der Waals surface area contributed by atoms with Crippen molar-refractivity contribution in [3.8, 4) is 0 Å². The first kappa shape index (κ1) is 17.8. The average molecular weight is 389 g/mol. The van der Waals surface area contributed by atoms with E-state index in [1.54, 1.807) is 6.07 Å². The molecule has 0 radical (unpaired) electrons. The summed E-state index contributed by atoms with van der Waals surface area (Å²) in [5.74, 6) is -2.23. The maximum atomic E-state index is 13.6. The van der Waals surface area contributed by atoms with E-state index in [1.807, 2.05) is 0 Å². The smallest absolute Gasteiger partial charge is 0.313 e. The molecule has 1 aromatic carbocycles. The van der Waals surface area contributed by atoms with Gasteiger partial charge < -0.3 is 20.3 Å². The predicted molar refractivity (Wildman–Crippen MR) is 86.7 cm³/mol. The number of morpholine rings is 1. The summed E-state index contributed by atoms with van der Waals surface area (Å²) >= 11 is 3.12. The summed E-state index contributed by atoms with van der Waals surface area (Å²) in [4.78, 5) is 24.9. The second-order valence-corrected chi connectivity index (χ2v) is 6.22. The molecule has 1 aliphatic rings. The molecule has 0 unspecified atom stereocenters. The number of amides is 2. The zero-order valence-corrected chi connectivity index (χ0v) is 14.2. The molecule has 1 aliphatic heterocycles. The molecular formula is C15H20BrFN3O3+. The lowest BCUT2D eigenvalue weighted by Crippen LogP contribution is -3.14. The first-order valence-corrected chi connectivity index (χ1v) is 8.31. The van der Waals surface area contributed by atoms with Crippen LogP contribution in [0.1, 0.15) is 6.42 Å². The number of ether oxygens (including phenoxy) is 1. The predicted octanol–water partition coefficient (Wildman–Crippen LogP) is -0.0519. The maximum absolute atomic E-state index is 13.6. The number of carbonyl (C=O) groups is 2. The summed E-state index contributed by atoms with van der Waals surface area (Å²) < 4.78 is 19.4. The molecule has 6 nitrogen and oxygen atoms in total. The molecule has 1 heterocycles. The Bertz CT molecular complexity index is 565. The Morgan fingerprint density at radius 1 is 1.26 bits per heavy atom. The van der Waals surface area contributed by atoms with E-state index in [0.29, 0.717) is 11.0 Å². The SMILES string of the molecule is O=C(NCCC[NH+]1CCOCC1)C(=O)Nc1ccc(Br)cc1F. The zero-order chi connectivity index (χ0) is 16.7. The van der Waals surface area contributed by atoms with Crippen LogP contribution in [-0.4, -0.2) is 51.2 Å². The summed E-state index contributed by atoms with van der Waals surface area (Å²) in [7, 11) is 0. The van der Waals surface area contributed by atoms with Crippen LogP contribution < -0.4 is 15.5 Å². The maximum Gasteiger partial charge on any atom is 0.313 e.